The first-order valence-corrected chi connectivity index (χ1v) is 8.26. The lowest BCUT2D eigenvalue weighted by Gasteiger charge is -2.48. The Labute approximate surface area is 118 Å². The van der Waals surface area contributed by atoms with Crippen molar-refractivity contribution in [1.82, 2.24) is 15.1 Å². The molecule has 4 rings (SSSR count). The van der Waals surface area contributed by atoms with Gasteiger partial charge in [0, 0.05) is 37.3 Å². The number of piperidine rings is 4. The molecule has 0 aromatic rings. The molecule has 0 radical (unpaired) electrons. The highest BCUT2D eigenvalue weighted by Crippen LogP contribution is 2.29. The van der Waals surface area contributed by atoms with E-state index in [-0.39, 0.29) is 0 Å². The van der Waals surface area contributed by atoms with E-state index in [9.17, 15) is 0 Å². The highest BCUT2D eigenvalue weighted by atomic mass is 15.2. The zero-order valence-corrected chi connectivity index (χ0v) is 13.0. The number of hydrogen-bond donors (Lipinski definition) is 1. The van der Waals surface area contributed by atoms with Crippen LogP contribution >= 0.6 is 0 Å². The molecule has 0 aromatic carbocycles. The summed E-state index contributed by atoms with van der Waals surface area (Å²) >= 11 is 0. The molecule has 1 atom stereocenters. The minimum absolute atomic E-state index is 0.348. The molecule has 0 aromatic heterocycles. The largest absolute Gasteiger partial charge is 0.310 e. The standard InChI is InChI=1S/C16H31N3/c1-16(2,3)19-10-6-14(7-11-19)17-15-12-18-8-4-13(15)5-9-18/h13-15,17H,4-12H2,1-3H3. The average Bonchev–Trinajstić information content (AvgIpc) is 2.40. The first kappa shape index (κ1) is 13.8. The van der Waals surface area contributed by atoms with Gasteiger partial charge in [0.2, 0.25) is 0 Å². The topological polar surface area (TPSA) is 18.5 Å². The van der Waals surface area contributed by atoms with Gasteiger partial charge in [0.1, 0.15) is 0 Å². The predicted molar refractivity (Wildman–Crippen MR) is 80.4 cm³/mol. The quantitative estimate of drug-likeness (QED) is 0.823. The fourth-order valence-corrected chi connectivity index (χ4v) is 4.17. The van der Waals surface area contributed by atoms with Crippen LogP contribution in [0.3, 0.4) is 0 Å². The molecule has 2 bridgehead atoms. The zero-order chi connectivity index (χ0) is 13.5. The SMILES string of the molecule is CC(C)(C)N1CCC(NC2CN3CCC2CC3)CC1. The van der Waals surface area contributed by atoms with E-state index >= 15 is 0 Å². The summed E-state index contributed by atoms with van der Waals surface area (Å²) in [6.07, 6.45) is 5.53. The summed E-state index contributed by atoms with van der Waals surface area (Å²) in [5.41, 5.74) is 0.348. The van der Waals surface area contributed by atoms with Gasteiger partial charge in [-0.3, -0.25) is 4.90 Å². The lowest BCUT2D eigenvalue weighted by molar-refractivity contribution is 0.0502. The second kappa shape index (κ2) is 5.34. The van der Waals surface area contributed by atoms with Crippen LogP contribution in [0.25, 0.3) is 0 Å². The zero-order valence-electron chi connectivity index (χ0n) is 13.0. The van der Waals surface area contributed by atoms with E-state index in [4.69, 9.17) is 0 Å². The summed E-state index contributed by atoms with van der Waals surface area (Å²) in [5.74, 6) is 0.964. The molecule has 3 nitrogen and oxygen atoms in total. The molecule has 1 N–H and O–H groups in total. The summed E-state index contributed by atoms with van der Waals surface area (Å²) in [4.78, 5) is 5.30. The van der Waals surface area contributed by atoms with Crippen molar-refractivity contribution in [2.45, 2.75) is 64.1 Å². The summed E-state index contributed by atoms with van der Waals surface area (Å²) in [5, 5.41) is 3.99. The molecule has 0 saturated carbocycles. The van der Waals surface area contributed by atoms with Crippen LogP contribution in [0.15, 0.2) is 0 Å². The molecule has 1 unspecified atom stereocenters. The maximum Gasteiger partial charge on any atom is 0.0226 e. The Morgan fingerprint density at radius 1 is 0.895 bits per heavy atom. The smallest absolute Gasteiger partial charge is 0.0226 e. The van der Waals surface area contributed by atoms with E-state index in [1.807, 2.05) is 0 Å². The van der Waals surface area contributed by atoms with Gasteiger partial charge in [0.05, 0.1) is 0 Å². The average molecular weight is 265 g/mol. The summed E-state index contributed by atoms with van der Waals surface area (Å²) in [6, 6.07) is 1.55. The van der Waals surface area contributed by atoms with Crippen molar-refractivity contribution in [3.63, 3.8) is 0 Å². The highest BCUT2D eigenvalue weighted by Gasteiger charge is 2.36. The summed E-state index contributed by atoms with van der Waals surface area (Å²) in [7, 11) is 0. The molecule has 4 aliphatic rings. The van der Waals surface area contributed by atoms with Crippen molar-refractivity contribution in [2.24, 2.45) is 5.92 Å². The number of rotatable bonds is 2. The lowest BCUT2D eigenvalue weighted by Crippen LogP contribution is -2.59. The van der Waals surface area contributed by atoms with Crippen molar-refractivity contribution < 1.29 is 0 Å². The van der Waals surface area contributed by atoms with Gasteiger partial charge < -0.3 is 10.2 Å². The molecule has 3 heteroatoms. The fourth-order valence-electron chi connectivity index (χ4n) is 4.17. The van der Waals surface area contributed by atoms with Gasteiger partial charge in [-0.15, -0.1) is 0 Å². The van der Waals surface area contributed by atoms with E-state index in [1.54, 1.807) is 0 Å². The Balaban J connectivity index is 1.47. The van der Waals surface area contributed by atoms with Crippen molar-refractivity contribution in [2.75, 3.05) is 32.7 Å². The molecular formula is C16H31N3. The van der Waals surface area contributed by atoms with Crippen molar-refractivity contribution in [3.05, 3.63) is 0 Å². The van der Waals surface area contributed by atoms with Crippen LogP contribution in [0.5, 0.6) is 0 Å². The molecule has 110 valence electrons. The molecule has 4 fully saturated rings. The van der Waals surface area contributed by atoms with Gasteiger partial charge in [-0.2, -0.15) is 0 Å². The molecule has 19 heavy (non-hydrogen) atoms. The Morgan fingerprint density at radius 2 is 1.53 bits per heavy atom. The van der Waals surface area contributed by atoms with Crippen LogP contribution in [0.2, 0.25) is 0 Å². The minimum atomic E-state index is 0.348. The number of hydrogen-bond acceptors (Lipinski definition) is 3. The number of likely N-dealkylation sites (tertiary alicyclic amines) is 1. The van der Waals surface area contributed by atoms with Crippen LogP contribution in [0, 0.1) is 5.92 Å². The Kier molecular flexibility index (Phi) is 3.89. The van der Waals surface area contributed by atoms with Crippen LogP contribution in [0.1, 0.15) is 46.5 Å². The van der Waals surface area contributed by atoms with E-state index in [0.717, 1.165) is 18.0 Å². The summed E-state index contributed by atoms with van der Waals surface area (Å²) < 4.78 is 0. The number of nitrogens with zero attached hydrogens (tertiary/aromatic N) is 2. The van der Waals surface area contributed by atoms with Gasteiger partial charge in [0.15, 0.2) is 0 Å². The van der Waals surface area contributed by atoms with Gasteiger partial charge >= 0.3 is 0 Å². The van der Waals surface area contributed by atoms with Gasteiger partial charge in [-0.1, -0.05) is 0 Å². The monoisotopic (exact) mass is 265 g/mol. The van der Waals surface area contributed by atoms with E-state index in [0.29, 0.717) is 5.54 Å². The molecule has 4 heterocycles. The highest BCUT2D eigenvalue weighted by molar-refractivity contribution is 4.94. The van der Waals surface area contributed by atoms with Crippen LogP contribution in [-0.2, 0) is 0 Å². The normalized spacial score (nSPS) is 37.7. The van der Waals surface area contributed by atoms with Crippen molar-refractivity contribution in [1.29, 1.82) is 0 Å². The third kappa shape index (κ3) is 3.14. The maximum absolute atomic E-state index is 3.99. The third-order valence-corrected chi connectivity index (χ3v) is 5.55. The number of nitrogens with one attached hydrogen (secondary N) is 1. The van der Waals surface area contributed by atoms with Crippen molar-refractivity contribution >= 4 is 0 Å². The second-order valence-corrected chi connectivity index (χ2v) is 7.84. The lowest BCUT2D eigenvalue weighted by atomic mass is 9.83. The van der Waals surface area contributed by atoms with Gasteiger partial charge in [-0.25, -0.2) is 0 Å². The van der Waals surface area contributed by atoms with E-state index in [1.165, 1.54) is 58.4 Å². The first-order valence-electron chi connectivity index (χ1n) is 8.26. The molecule has 0 amide bonds. The molecule has 0 spiro atoms. The maximum atomic E-state index is 3.99. The van der Waals surface area contributed by atoms with Crippen LogP contribution in [0.4, 0.5) is 0 Å². The van der Waals surface area contributed by atoms with E-state index < -0.39 is 0 Å². The van der Waals surface area contributed by atoms with E-state index in [2.05, 4.69) is 35.9 Å². The Bertz CT molecular complexity index is 294. The van der Waals surface area contributed by atoms with Gasteiger partial charge in [-0.05, 0) is 65.5 Å². The van der Waals surface area contributed by atoms with Gasteiger partial charge in [0.25, 0.3) is 0 Å². The molecule has 4 saturated heterocycles. The summed E-state index contributed by atoms with van der Waals surface area (Å²) in [6.45, 7) is 13.6. The minimum Gasteiger partial charge on any atom is -0.310 e. The second-order valence-electron chi connectivity index (χ2n) is 7.84. The Hall–Kier alpha value is -0.120. The molecule has 0 aliphatic carbocycles. The number of fused-ring (bicyclic) bond motifs is 3. The molecular weight excluding hydrogens is 234 g/mol. The van der Waals surface area contributed by atoms with Crippen molar-refractivity contribution in [3.8, 4) is 0 Å². The van der Waals surface area contributed by atoms with Crippen LogP contribution in [-0.4, -0.2) is 60.1 Å². The Morgan fingerprint density at radius 3 is 2.00 bits per heavy atom. The fraction of sp³-hybridized carbons (Fsp3) is 1.00. The first-order chi connectivity index (χ1) is 9.02. The third-order valence-electron chi connectivity index (χ3n) is 5.55. The predicted octanol–water partition coefficient (Wildman–Crippen LogP) is 1.93. The van der Waals surface area contributed by atoms with Crippen LogP contribution < -0.4 is 5.32 Å². The molecule has 4 aliphatic heterocycles.